The molecule has 0 fully saturated rings. The van der Waals surface area contributed by atoms with Gasteiger partial charge in [-0.1, -0.05) is 6.92 Å². The number of imidazole rings is 1. The Balaban J connectivity index is 2.21. The van der Waals surface area contributed by atoms with Crippen LogP contribution in [0.25, 0.3) is 0 Å². The summed E-state index contributed by atoms with van der Waals surface area (Å²) in [7, 11) is -1.80. The van der Waals surface area contributed by atoms with Crippen LogP contribution in [-0.4, -0.2) is 55.9 Å². The van der Waals surface area contributed by atoms with Crippen LogP contribution in [0.1, 0.15) is 25.6 Å². The van der Waals surface area contributed by atoms with Crippen molar-refractivity contribution in [3.05, 3.63) is 18.2 Å². The Morgan fingerprint density at radius 3 is 2.80 bits per heavy atom. The number of aromatic amines is 1. The van der Waals surface area contributed by atoms with Gasteiger partial charge in [-0.15, -0.1) is 0 Å². The zero-order valence-corrected chi connectivity index (χ0v) is 13.0. The van der Waals surface area contributed by atoms with Crippen molar-refractivity contribution in [3.63, 3.8) is 0 Å². The van der Waals surface area contributed by atoms with Crippen molar-refractivity contribution in [1.82, 2.24) is 24.3 Å². The Kier molecular flexibility index (Phi) is 7.75. The highest BCUT2D eigenvalue weighted by Crippen LogP contribution is 1.96. The summed E-state index contributed by atoms with van der Waals surface area (Å²) < 4.78 is 27.8. The monoisotopic (exact) mass is 303 g/mol. The van der Waals surface area contributed by atoms with E-state index < -0.39 is 10.2 Å². The molecule has 0 aromatic carbocycles. The van der Waals surface area contributed by atoms with Gasteiger partial charge in [0.2, 0.25) is 0 Å². The van der Waals surface area contributed by atoms with Crippen LogP contribution in [0.2, 0.25) is 0 Å². The summed E-state index contributed by atoms with van der Waals surface area (Å²) in [4.78, 5) is 6.99. The number of H-pyrrole nitrogens is 1. The van der Waals surface area contributed by atoms with Crippen LogP contribution in [-0.2, 0) is 16.6 Å². The Labute approximate surface area is 121 Å². The molecule has 8 heteroatoms. The Morgan fingerprint density at radius 1 is 1.35 bits per heavy atom. The number of rotatable bonds is 11. The molecule has 1 heterocycles. The molecule has 1 aromatic rings. The lowest BCUT2D eigenvalue weighted by Crippen LogP contribution is -2.40. The molecule has 0 radical (unpaired) electrons. The molecule has 0 spiro atoms. The third kappa shape index (κ3) is 6.47. The molecule has 1 aromatic heterocycles. The molecule has 0 amide bonds. The van der Waals surface area contributed by atoms with E-state index in [-0.39, 0.29) is 0 Å². The quantitative estimate of drug-likeness (QED) is 0.506. The molecule has 20 heavy (non-hydrogen) atoms. The number of hydrogen-bond donors (Lipinski definition) is 3. The zero-order chi connectivity index (χ0) is 14.8. The minimum Gasteiger partial charge on any atom is -0.349 e. The highest BCUT2D eigenvalue weighted by Gasteiger charge is 2.16. The van der Waals surface area contributed by atoms with Gasteiger partial charge < -0.3 is 10.3 Å². The SMILES string of the molecule is CCCNCCCN(C)S(=O)(=O)NCCc1ncc[nH]1. The zero-order valence-electron chi connectivity index (χ0n) is 12.2. The van der Waals surface area contributed by atoms with E-state index in [9.17, 15) is 8.42 Å². The molecule has 0 aliphatic carbocycles. The maximum Gasteiger partial charge on any atom is 0.279 e. The predicted molar refractivity (Wildman–Crippen MR) is 79.6 cm³/mol. The average molecular weight is 303 g/mol. The van der Waals surface area contributed by atoms with Crippen LogP contribution in [0.15, 0.2) is 12.4 Å². The minimum atomic E-state index is -3.39. The summed E-state index contributed by atoms with van der Waals surface area (Å²) >= 11 is 0. The van der Waals surface area contributed by atoms with Gasteiger partial charge in [0.1, 0.15) is 5.82 Å². The van der Waals surface area contributed by atoms with Gasteiger partial charge in [-0.2, -0.15) is 12.7 Å². The van der Waals surface area contributed by atoms with Gasteiger partial charge in [0, 0.05) is 39.0 Å². The lowest BCUT2D eigenvalue weighted by atomic mass is 10.4. The van der Waals surface area contributed by atoms with Gasteiger partial charge in [0.25, 0.3) is 10.2 Å². The number of hydrogen-bond acceptors (Lipinski definition) is 4. The van der Waals surface area contributed by atoms with Crippen molar-refractivity contribution in [1.29, 1.82) is 0 Å². The van der Waals surface area contributed by atoms with E-state index in [4.69, 9.17) is 0 Å². The van der Waals surface area contributed by atoms with Crippen molar-refractivity contribution in [3.8, 4) is 0 Å². The van der Waals surface area contributed by atoms with Crippen LogP contribution >= 0.6 is 0 Å². The second kappa shape index (κ2) is 9.06. The van der Waals surface area contributed by atoms with Crippen molar-refractivity contribution in [2.45, 2.75) is 26.2 Å². The van der Waals surface area contributed by atoms with E-state index in [0.29, 0.717) is 19.5 Å². The lowest BCUT2D eigenvalue weighted by Gasteiger charge is -2.17. The van der Waals surface area contributed by atoms with Gasteiger partial charge in [-0.25, -0.2) is 9.71 Å². The molecule has 0 aliphatic heterocycles. The Bertz CT molecular complexity index is 446. The van der Waals surface area contributed by atoms with Crippen molar-refractivity contribution >= 4 is 10.2 Å². The molecule has 1 rings (SSSR count). The fraction of sp³-hybridized carbons (Fsp3) is 0.750. The highest BCUT2D eigenvalue weighted by molar-refractivity contribution is 7.87. The molecule has 0 saturated carbocycles. The van der Waals surface area contributed by atoms with Crippen molar-refractivity contribution in [2.75, 3.05) is 33.2 Å². The van der Waals surface area contributed by atoms with Gasteiger partial charge in [-0.3, -0.25) is 0 Å². The number of nitrogens with zero attached hydrogens (tertiary/aromatic N) is 2. The second-order valence-corrected chi connectivity index (χ2v) is 6.47. The summed E-state index contributed by atoms with van der Waals surface area (Å²) in [5.74, 6) is 0.777. The molecule has 0 bridgehead atoms. The third-order valence-corrected chi connectivity index (χ3v) is 4.44. The number of aromatic nitrogens is 2. The first-order valence-electron chi connectivity index (χ1n) is 6.96. The van der Waals surface area contributed by atoms with Crippen molar-refractivity contribution < 1.29 is 8.42 Å². The average Bonchev–Trinajstić information content (AvgIpc) is 2.91. The van der Waals surface area contributed by atoms with Gasteiger partial charge >= 0.3 is 0 Å². The molecule has 0 saturated heterocycles. The fourth-order valence-corrected chi connectivity index (χ4v) is 2.64. The summed E-state index contributed by atoms with van der Waals surface area (Å²) in [6.07, 6.45) is 5.81. The maximum atomic E-state index is 11.9. The van der Waals surface area contributed by atoms with E-state index in [2.05, 4.69) is 26.9 Å². The minimum absolute atomic E-state index is 0.342. The normalized spacial score (nSPS) is 12.2. The molecule has 0 atom stereocenters. The molecule has 3 N–H and O–H groups in total. The van der Waals surface area contributed by atoms with E-state index in [1.165, 1.54) is 4.31 Å². The standard InChI is InChI=1S/C12H25N5O2S/c1-3-6-13-7-4-11-17(2)20(18,19)16-8-5-12-14-9-10-15-12/h9-10,13,16H,3-8,11H2,1-2H3,(H,14,15). The van der Waals surface area contributed by atoms with Gasteiger partial charge in [-0.05, 0) is 25.9 Å². The first kappa shape index (κ1) is 17.1. The van der Waals surface area contributed by atoms with E-state index in [0.717, 1.165) is 31.8 Å². The van der Waals surface area contributed by atoms with Crippen LogP contribution < -0.4 is 10.0 Å². The largest absolute Gasteiger partial charge is 0.349 e. The second-order valence-electron chi connectivity index (χ2n) is 4.61. The summed E-state index contributed by atoms with van der Waals surface area (Å²) in [5.41, 5.74) is 0. The lowest BCUT2D eigenvalue weighted by molar-refractivity contribution is 0.444. The van der Waals surface area contributed by atoms with E-state index >= 15 is 0 Å². The van der Waals surface area contributed by atoms with Crippen LogP contribution in [0, 0.1) is 0 Å². The maximum absolute atomic E-state index is 11.9. The molecule has 0 unspecified atom stereocenters. The fourth-order valence-electron chi connectivity index (χ4n) is 1.69. The molecule has 7 nitrogen and oxygen atoms in total. The number of nitrogens with one attached hydrogen (secondary N) is 3. The van der Waals surface area contributed by atoms with E-state index in [1.54, 1.807) is 19.4 Å². The molecule has 116 valence electrons. The highest BCUT2D eigenvalue weighted by atomic mass is 32.2. The van der Waals surface area contributed by atoms with Crippen LogP contribution in [0.3, 0.4) is 0 Å². The first-order chi connectivity index (χ1) is 9.56. The molecule has 0 aliphatic rings. The van der Waals surface area contributed by atoms with Gasteiger partial charge in [0.15, 0.2) is 0 Å². The molecular formula is C12H25N5O2S. The van der Waals surface area contributed by atoms with Crippen LogP contribution in [0.4, 0.5) is 0 Å². The summed E-state index contributed by atoms with van der Waals surface area (Å²) in [5, 5.41) is 3.25. The first-order valence-corrected chi connectivity index (χ1v) is 8.40. The Hall–Kier alpha value is -0.960. The summed E-state index contributed by atoms with van der Waals surface area (Å²) in [6, 6.07) is 0. The van der Waals surface area contributed by atoms with Crippen LogP contribution in [0.5, 0.6) is 0 Å². The van der Waals surface area contributed by atoms with Gasteiger partial charge in [0.05, 0.1) is 0 Å². The van der Waals surface area contributed by atoms with Crippen molar-refractivity contribution in [2.24, 2.45) is 0 Å². The predicted octanol–water partition coefficient (Wildman–Crippen LogP) is 0.108. The Morgan fingerprint density at radius 2 is 2.15 bits per heavy atom. The third-order valence-electron chi connectivity index (χ3n) is 2.86. The summed E-state index contributed by atoms with van der Waals surface area (Å²) in [6.45, 7) is 4.76. The topological polar surface area (TPSA) is 90.1 Å². The molecular weight excluding hydrogens is 278 g/mol. The smallest absolute Gasteiger partial charge is 0.279 e. The van der Waals surface area contributed by atoms with E-state index in [1.807, 2.05) is 0 Å².